The first kappa shape index (κ1) is 23.9. The third kappa shape index (κ3) is 4.31. The van der Waals surface area contributed by atoms with E-state index in [9.17, 15) is 22.8 Å². The lowest BCUT2D eigenvalue weighted by Gasteiger charge is -2.24. The molecule has 5 heteroatoms. The maximum atomic E-state index is 13.6. The fourth-order valence-corrected chi connectivity index (χ4v) is 5.14. The molecule has 3 aromatic carbocycles. The van der Waals surface area contributed by atoms with Gasteiger partial charge in [-0.05, 0) is 79.6 Å². The molecule has 4 rings (SSSR count). The van der Waals surface area contributed by atoms with Gasteiger partial charge >= 0.3 is 6.18 Å². The number of Topliss-reactive ketones (excluding diaryl/α,β-unsaturated/α-hetero) is 2. The van der Waals surface area contributed by atoms with Gasteiger partial charge in [0.2, 0.25) is 0 Å². The molecule has 2 unspecified atom stereocenters. The zero-order valence-electron chi connectivity index (χ0n) is 19.7. The average molecular weight is 465 g/mol. The van der Waals surface area contributed by atoms with Crippen LogP contribution in [0.5, 0.6) is 0 Å². The van der Waals surface area contributed by atoms with Crippen molar-refractivity contribution in [3.63, 3.8) is 0 Å². The Morgan fingerprint density at radius 3 is 2.09 bits per heavy atom. The minimum Gasteiger partial charge on any atom is -0.294 e. The van der Waals surface area contributed by atoms with Crippen LogP contribution < -0.4 is 0 Å². The Kier molecular flexibility index (Phi) is 6.24. The monoisotopic (exact) mass is 464 g/mol. The van der Waals surface area contributed by atoms with Crippen LogP contribution >= 0.6 is 0 Å². The van der Waals surface area contributed by atoms with Crippen LogP contribution in [0.15, 0.2) is 54.6 Å². The first-order valence-electron chi connectivity index (χ1n) is 11.4. The van der Waals surface area contributed by atoms with Crippen LogP contribution in [0, 0.1) is 33.6 Å². The number of alkyl halides is 3. The second kappa shape index (κ2) is 8.86. The standard InChI is InChI=1S/C29H27F3O2/c1-16-13-17(2)19(4)27(18(16)3)26(33)15-24(20-9-11-22(12-10-20)29(30,31)32)25-14-21-7-5-6-8-23(21)28(25)34/h5-13,24-25H,14-15H2,1-4H3. The molecular formula is C29H27F3O2. The predicted octanol–water partition coefficient (Wildman–Crippen LogP) is 7.35. The SMILES string of the molecule is Cc1cc(C)c(C)c(C(=O)CC(c2ccc(C(F)(F)F)cc2)C2Cc3ccccc3C2=O)c1C. The Balaban J connectivity index is 1.75. The first-order chi connectivity index (χ1) is 16.0. The molecule has 0 N–H and O–H groups in total. The van der Waals surface area contributed by atoms with E-state index in [-0.39, 0.29) is 18.0 Å². The van der Waals surface area contributed by atoms with Gasteiger partial charge in [-0.15, -0.1) is 0 Å². The molecule has 0 saturated carbocycles. The normalized spacial score (nSPS) is 16.4. The van der Waals surface area contributed by atoms with Crippen LogP contribution in [-0.2, 0) is 12.6 Å². The topological polar surface area (TPSA) is 34.1 Å². The number of hydrogen-bond donors (Lipinski definition) is 0. The van der Waals surface area contributed by atoms with E-state index in [1.165, 1.54) is 12.1 Å². The van der Waals surface area contributed by atoms with Crippen LogP contribution in [-0.4, -0.2) is 11.6 Å². The largest absolute Gasteiger partial charge is 0.416 e. The summed E-state index contributed by atoms with van der Waals surface area (Å²) in [5.74, 6) is -1.16. The lowest BCUT2D eigenvalue weighted by atomic mass is 9.78. The number of benzene rings is 3. The Labute approximate surface area is 197 Å². The molecule has 2 atom stereocenters. The van der Waals surface area contributed by atoms with Gasteiger partial charge in [0.25, 0.3) is 0 Å². The van der Waals surface area contributed by atoms with E-state index < -0.39 is 23.6 Å². The van der Waals surface area contributed by atoms with Crippen molar-refractivity contribution in [2.45, 2.75) is 52.6 Å². The molecule has 0 spiro atoms. The molecule has 0 bridgehead atoms. The van der Waals surface area contributed by atoms with E-state index in [0.29, 0.717) is 23.1 Å². The van der Waals surface area contributed by atoms with Gasteiger partial charge in [-0.2, -0.15) is 13.2 Å². The minimum absolute atomic E-state index is 0.0536. The summed E-state index contributed by atoms with van der Waals surface area (Å²) in [7, 11) is 0. The highest BCUT2D eigenvalue weighted by molar-refractivity contribution is 6.04. The van der Waals surface area contributed by atoms with Crippen molar-refractivity contribution in [3.8, 4) is 0 Å². The molecule has 0 radical (unpaired) electrons. The summed E-state index contributed by atoms with van der Waals surface area (Å²) >= 11 is 0. The van der Waals surface area contributed by atoms with Crippen LogP contribution in [0.3, 0.4) is 0 Å². The maximum Gasteiger partial charge on any atom is 0.416 e. The Bertz CT molecular complexity index is 1240. The average Bonchev–Trinajstić information content (AvgIpc) is 3.12. The summed E-state index contributed by atoms with van der Waals surface area (Å²) in [6, 6.07) is 14.3. The summed E-state index contributed by atoms with van der Waals surface area (Å²) < 4.78 is 39.5. The number of fused-ring (bicyclic) bond motifs is 1. The summed E-state index contributed by atoms with van der Waals surface area (Å²) in [5, 5.41) is 0. The lowest BCUT2D eigenvalue weighted by molar-refractivity contribution is -0.137. The van der Waals surface area contributed by atoms with Gasteiger partial charge in [-0.3, -0.25) is 9.59 Å². The van der Waals surface area contributed by atoms with E-state index in [4.69, 9.17) is 0 Å². The third-order valence-corrected chi connectivity index (χ3v) is 7.26. The van der Waals surface area contributed by atoms with Gasteiger partial charge in [0.1, 0.15) is 0 Å². The molecule has 0 fully saturated rings. The van der Waals surface area contributed by atoms with Gasteiger partial charge in [0.15, 0.2) is 11.6 Å². The van der Waals surface area contributed by atoms with Crippen molar-refractivity contribution in [1.82, 2.24) is 0 Å². The van der Waals surface area contributed by atoms with Crippen molar-refractivity contribution in [2.75, 3.05) is 0 Å². The van der Waals surface area contributed by atoms with Crippen LogP contribution in [0.2, 0.25) is 0 Å². The highest BCUT2D eigenvalue weighted by atomic mass is 19.4. The second-order valence-electron chi connectivity index (χ2n) is 9.32. The summed E-state index contributed by atoms with van der Waals surface area (Å²) in [6.45, 7) is 7.75. The number of carbonyl (C=O) groups is 2. The molecule has 0 heterocycles. The van der Waals surface area contributed by atoms with Crippen molar-refractivity contribution in [3.05, 3.63) is 105 Å². The second-order valence-corrected chi connectivity index (χ2v) is 9.32. The fourth-order valence-electron chi connectivity index (χ4n) is 5.14. The summed E-state index contributed by atoms with van der Waals surface area (Å²) in [6.07, 6.45) is -3.92. The van der Waals surface area contributed by atoms with Gasteiger partial charge in [0.05, 0.1) is 5.56 Å². The molecule has 0 saturated heterocycles. The van der Waals surface area contributed by atoms with E-state index in [1.54, 1.807) is 12.1 Å². The molecule has 34 heavy (non-hydrogen) atoms. The van der Waals surface area contributed by atoms with Crippen LogP contribution in [0.1, 0.15) is 72.0 Å². The Hall–Kier alpha value is -3.21. The first-order valence-corrected chi connectivity index (χ1v) is 11.4. The summed E-state index contributed by atoms with van der Waals surface area (Å²) in [4.78, 5) is 27.0. The number of carbonyl (C=O) groups excluding carboxylic acids is 2. The van der Waals surface area contributed by atoms with E-state index in [0.717, 1.165) is 39.9 Å². The van der Waals surface area contributed by atoms with Crippen LogP contribution in [0.25, 0.3) is 0 Å². The zero-order valence-corrected chi connectivity index (χ0v) is 19.7. The fraction of sp³-hybridized carbons (Fsp3) is 0.310. The Morgan fingerprint density at radius 1 is 0.941 bits per heavy atom. The molecule has 176 valence electrons. The van der Waals surface area contributed by atoms with Gasteiger partial charge in [-0.25, -0.2) is 0 Å². The third-order valence-electron chi connectivity index (χ3n) is 7.26. The predicted molar refractivity (Wildman–Crippen MR) is 126 cm³/mol. The number of ketones is 2. The maximum absolute atomic E-state index is 13.6. The molecule has 2 nitrogen and oxygen atoms in total. The molecular weight excluding hydrogens is 437 g/mol. The van der Waals surface area contributed by atoms with Crippen LogP contribution in [0.4, 0.5) is 13.2 Å². The summed E-state index contributed by atoms with van der Waals surface area (Å²) in [5.41, 5.74) is 5.87. The van der Waals surface area contributed by atoms with Crippen molar-refractivity contribution >= 4 is 11.6 Å². The van der Waals surface area contributed by atoms with E-state index in [1.807, 2.05) is 45.9 Å². The zero-order chi connectivity index (χ0) is 24.8. The molecule has 1 aliphatic carbocycles. The quantitative estimate of drug-likeness (QED) is 0.370. The van der Waals surface area contributed by atoms with Crippen molar-refractivity contribution in [1.29, 1.82) is 0 Å². The van der Waals surface area contributed by atoms with E-state index in [2.05, 4.69) is 0 Å². The minimum atomic E-state index is -4.45. The van der Waals surface area contributed by atoms with E-state index >= 15 is 0 Å². The van der Waals surface area contributed by atoms with Gasteiger partial charge < -0.3 is 0 Å². The van der Waals surface area contributed by atoms with Crippen molar-refractivity contribution in [2.24, 2.45) is 5.92 Å². The number of halogens is 3. The van der Waals surface area contributed by atoms with Gasteiger partial charge in [-0.1, -0.05) is 42.5 Å². The molecule has 3 aromatic rings. The molecule has 0 aliphatic heterocycles. The smallest absolute Gasteiger partial charge is 0.294 e. The highest BCUT2D eigenvalue weighted by Gasteiger charge is 2.39. The number of hydrogen-bond acceptors (Lipinski definition) is 2. The number of aryl methyl sites for hydroxylation is 2. The molecule has 0 amide bonds. The van der Waals surface area contributed by atoms with Crippen molar-refractivity contribution < 1.29 is 22.8 Å². The van der Waals surface area contributed by atoms with Gasteiger partial charge in [0, 0.05) is 29.4 Å². The lowest BCUT2D eigenvalue weighted by Crippen LogP contribution is -2.23. The highest BCUT2D eigenvalue weighted by Crippen LogP contribution is 2.41. The number of rotatable bonds is 5. The molecule has 1 aliphatic rings. The Morgan fingerprint density at radius 2 is 1.53 bits per heavy atom. The molecule has 0 aromatic heterocycles.